The Labute approximate surface area is 131 Å². The molecule has 0 aliphatic heterocycles. The highest BCUT2D eigenvalue weighted by atomic mass is 32.2. The lowest BCUT2D eigenvalue weighted by molar-refractivity contribution is -0.139. The molecule has 21 heavy (non-hydrogen) atoms. The molecular formula is C15H27NO4S. The van der Waals surface area contributed by atoms with Crippen LogP contribution in [0, 0.1) is 5.92 Å². The molecule has 0 saturated heterocycles. The lowest BCUT2D eigenvalue weighted by Gasteiger charge is -2.22. The van der Waals surface area contributed by atoms with Crippen LogP contribution < -0.4 is 5.32 Å². The quantitative estimate of drug-likeness (QED) is 0.705. The van der Waals surface area contributed by atoms with Crippen molar-refractivity contribution in [2.45, 2.75) is 64.5 Å². The first-order chi connectivity index (χ1) is 9.78. The zero-order valence-corrected chi connectivity index (χ0v) is 14.0. The molecule has 5 nitrogen and oxygen atoms in total. The third-order valence-electron chi connectivity index (χ3n) is 3.37. The van der Waals surface area contributed by atoms with Crippen LogP contribution >= 0.6 is 11.8 Å². The van der Waals surface area contributed by atoms with Crippen molar-refractivity contribution in [3.63, 3.8) is 0 Å². The molecule has 1 atom stereocenters. The fraction of sp³-hybridized carbons (Fsp3) is 0.867. The summed E-state index contributed by atoms with van der Waals surface area (Å²) < 4.78 is 5.09. The predicted octanol–water partition coefficient (Wildman–Crippen LogP) is 3.28. The molecule has 1 saturated carbocycles. The van der Waals surface area contributed by atoms with Gasteiger partial charge in [0.05, 0.1) is 0 Å². The van der Waals surface area contributed by atoms with Crippen LogP contribution in [0.5, 0.6) is 0 Å². The molecular weight excluding hydrogens is 290 g/mol. The van der Waals surface area contributed by atoms with Gasteiger partial charge in [0, 0.05) is 0 Å². The van der Waals surface area contributed by atoms with Crippen molar-refractivity contribution in [2.75, 3.05) is 11.5 Å². The first-order valence-corrected chi connectivity index (χ1v) is 8.73. The summed E-state index contributed by atoms with van der Waals surface area (Å²) >= 11 is 1.78. The molecule has 1 aliphatic carbocycles. The largest absolute Gasteiger partial charge is 0.480 e. The summed E-state index contributed by atoms with van der Waals surface area (Å²) in [6, 6.07) is -0.879. The maximum Gasteiger partial charge on any atom is 0.408 e. The number of hydrogen-bond donors (Lipinski definition) is 2. The summed E-state index contributed by atoms with van der Waals surface area (Å²) in [6.45, 7) is 5.25. The molecule has 0 aromatic heterocycles. The number of thioether (sulfide) groups is 1. The smallest absolute Gasteiger partial charge is 0.408 e. The highest BCUT2D eigenvalue weighted by molar-refractivity contribution is 7.99. The molecule has 122 valence electrons. The van der Waals surface area contributed by atoms with Gasteiger partial charge in [-0.1, -0.05) is 12.8 Å². The van der Waals surface area contributed by atoms with Gasteiger partial charge in [-0.3, -0.25) is 0 Å². The normalized spacial score (nSPS) is 17.5. The first-order valence-electron chi connectivity index (χ1n) is 7.58. The molecule has 2 N–H and O–H groups in total. The minimum atomic E-state index is -1.01. The zero-order chi connectivity index (χ0) is 15.9. The van der Waals surface area contributed by atoms with Crippen LogP contribution in [0.2, 0.25) is 0 Å². The summed E-state index contributed by atoms with van der Waals surface area (Å²) in [4.78, 5) is 22.8. The first kappa shape index (κ1) is 18.1. The third-order valence-corrected chi connectivity index (χ3v) is 4.60. The average molecular weight is 317 g/mol. The highest BCUT2D eigenvalue weighted by Gasteiger charge is 2.24. The molecule has 1 amide bonds. The van der Waals surface area contributed by atoms with Gasteiger partial charge in [-0.2, -0.15) is 11.8 Å². The summed E-state index contributed by atoms with van der Waals surface area (Å²) in [7, 11) is 0. The Balaban J connectivity index is 2.25. The molecule has 0 spiro atoms. The number of nitrogens with one attached hydrogen (secondary N) is 1. The Morgan fingerprint density at radius 3 is 2.48 bits per heavy atom. The van der Waals surface area contributed by atoms with E-state index in [-0.39, 0.29) is 0 Å². The van der Waals surface area contributed by atoms with Gasteiger partial charge in [0.2, 0.25) is 0 Å². The molecule has 1 rings (SSSR count). The number of amides is 1. The van der Waals surface area contributed by atoms with Crippen LogP contribution in [-0.2, 0) is 9.53 Å². The number of carbonyl (C=O) groups is 2. The standard InChI is InChI=1S/C15H27NO4S/c1-15(2,3)20-14(19)16-12(13(17)18)8-9-21-10-11-6-4-5-7-11/h11-12H,4-10H2,1-3H3,(H,16,19)(H,17,18). The lowest BCUT2D eigenvalue weighted by atomic mass is 10.1. The van der Waals surface area contributed by atoms with E-state index >= 15 is 0 Å². The van der Waals surface area contributed by atoms with Crippen LogP contribution in [0.3, 0.4) is 0 Å². The Morgan fingerprint density at radius 2 is 1.95 bits per heavy atom. The average Bonchev–Trinajstić information content (AvgIpc) is 2.83. The second kappa shape index (κ2) is 8.51. The van der Waals surface area contributed by atoms with Crippen molar-refractivity contribution in [3.8, 4) is 0 Å². The van der Waals surface area contributed by atoms with Gasteiger partial charge in [-0.15, -0.1) is 0 Å². The van der Waals surface area contributed by atoms with Crippen molar-refractivity contribution < 1.29 is 19.4 Å². The van der Waals surface area contributed by atoms with Gasteiger partial charge in [-0.25, -0.2) is 9.59 Å². The fourth-order valence-electron chi connectivity index (χ4n) is 2.34. The van der Waals surface area contributed by atoms with Gasteiger partial charge in [0.1, 0.15) is 11.6 Å². The second-order valence-corrected chi connectivity index (χ2v) is 7.70. The number of carboxylic acids is 1. The van der Waals surface area contributed by atoms with E-state index in [2.05, 4.69) is 5.32 Å². The summed E-state index contributed by atoms with van der Waals surface area (Å²) in [5.74, 6) is 1.61. The molecule has 1 unspecified atom stereocenters. The Hall–Kier alpha value is -0.910. The van der Waals surface area contributed by atoms with Gasteiger partial charge >= 0.3 is 12.1 Å². The van der Waals surface area contributed by atoms with E-state index < -0.39 is 23.7 Å². The zero-order valence-electron chi connectivity index (χ0n) is 13.2. The van der Waals surface area contributed by atoms with Crippen LogP contribution in [0.1, 0.15) is 52.9 Å². The minimum Gasteiger partial charge on any atom is -0.480 e. The minimum absolute atomic E-state index is 0.423. The lowest BCUT2D eigenvalue weighted by Crippen LogP contribution is -2.43. The van der Waals surface area contributed by atoms with Crippen LogP contribution in [0.15, 0.2) is 0 Å². The van der Waals surface area contributed by atoms with E-state index in [1.54, 1.807) is 32.5 Å². The molecule has 0 aromatic carbocycles. The number of ether oxygens (including phenoxy) is 1. The number of carboxylic acid groups (broad SMARTS) is 1. The summed E-state index contributed by atoms with van der Waals surface area (Å²) in [5.41, 5.74) is -0.621. The highest BCUT2D eigenvalue weighted by Crippen LogP contribution is 2.28. The van der Waals surface area contributed by atoms with Crippen molar-refractivity contribution >= 4 is 23.8 Å². The van der Waals surface area contributed by atoms with Crippen molar-refractivity contribution in [2.24, 2.45) is 5.92 Å². The van der Waals surface area contributed by atoms with Gasteiger partial charge < -0.3 is 15.2 Å². The molecule has 0 bridgehead atoms. The maximum atomic E-state index is 11.6. The summed E-state index contributed by atoms with van der Waals surface area (Å²) in [6.07, 6.45) is 4.99. The van der Waals surface area contributed by atoms with Gasteiger partial charge in [0.15, 0.2) is 0 Å². The van der Waals surface area contributed by atoms with Crippen molar-refractivity contribution in [1.82, 2.24) is 5.32 Å². The molecule has 0 aromatic rings. The van der Waals surface area contributed by atoms with E-state index in [4.69, 9.17) is 9.84 Å². The van der Waals surface area contributed by atoms with E-state index in [0.717, 1.165) is 17.4 Å². The molecule has 0 radical (unpaired) electrons. The Bertz CT molecular complexity index is 348. The molecule has 6 heteroatoms. The van der Waals surface area contributed by atoms with E-state index in [1.165, 1.54) is 25.7 Å². The monoisotopic (exact) mass is 317 g/mol. The third kappa shape index (κ3) is 8.19. The number of alkyl carbamates (subject to hydrolysis) is 1. The summed E-state index contributed by atoms with van der Waals surface area (Å²) in [5, 5.41) is 11.6. The SMILES string of the molecule is CC(C)(C)OC(=O)NC(CCSCC1CCCC1)C(=O)O. The van der Waals surface area contributed by atoms with E-state index in [9.17, 15) is 9.59 Å². The van der Waals surface area contributed by atoms with Gasteiger partial charge in [-0.05, 0) is 57.5 Å². The molecule has 1 fully saturated rings. The predicted molar refractivity (Wildman–Crippen MR) is 84.7 cm³/mol. The molecule has 1 aliphatic rings. The van der Waals surface area contributed by atoms with E-state index in [1.807, 2.05) is 0 Å². The maximum absolute atomic E-state index is 11.6. The van der Waals surface area contributed by atoms with Crippen molar-refractivity contribution in [1.29, 1.82) is 0 Å². The van der Waals surface area contributed by atoms with E-state index in [0.29, 0.717) is 6.42 Å². The number of carbonyl (C=O) groups excluding carboxylic acids is 1. The second-order valence-electron chi connectivity index (χ2n) is 6.55. The van der Waals surface area contributed by atoms with Crippen LogP contribution in [0.4, 0.5) is 4.79 Å². The van der Waals surface area contributed by atoms with Crippen LogP contribution in [0.25, 0.3) is 0 Å². The Kier molecular flexibility index (Phi) is 7.35. The van der Waals surface area contributed by atoms with Crippen LogP contribution in [-0.4, -0.2) is 40.3 Å². The molecule has 0 heterocycles. The Morgan fingerprint density at radius 1 is 1.33 bits per heavy atom. The topological polar surface area (TPSA) is 75.6 Å². The number of hydrogen-bond acceptors (Lipinski definition) is 4. The fourth-order valence-corrected chi connectivity index (χ4v) is 3.57. The number of rotatable bonds is 7. The van der Waals surface area contributed by atoms with Gasteiger partial charge in [0.25, 0.3) is 0 Å². The number of aliphatic carboxylic acids is 1. The van der Waals surface area contributed by atoms with Crippen molar-refractivity contribution in [3.05, 3.63) is 0 Å².